The van der Waals surface area contributed by atoms with Gasteiger partial charge in [-0.05, 0) is 56.2 Å². The van der Waals surface area contributed by atoms with Gasteiger partial charge in [-0.1, -0.05) is 13.8 Å². The van der Waals surface area contributed by atoms with Crippen LogP contribution in [-0.2, 0) is 4.74 Å². The Morgan fingerprint density at radius 1 is 1.33 bits per heavy atom. The number of hydrogen-bond donors (Lipinski definition) is 2. The smallest absolute Gasteiger partial charge is 0.340 e. The van der Waals surface area contributed by atoms with Crippen LogP contribution in [0.1, 0.15) is 50.4 Å². The van der Waals surface area contributed by atoms with Crippen molar-refractivity contribution in [2.45, 2.75) is 46.1 Å². The van der Waals surface area contributed by atoms with Crippen molar-refractivity contribution in [1.29, 1.82) is 0 Å². The van der Waals surface area contributed by atoms with E-state index in [2.05, 4.69) is 19.2 Å². The number of carbonyl (C=O) groups excluding carboxylic acids is 1. The first-order chi connectivity index (χ1) is 10.0. The van der Waals surface area contributed by atoms with Crippen molar-refractivity contribution in [3.8, 4) is 0 Å². The third-order valence-electron chi connectivity index (χ3n) is 4.52. The van der Waals surface area contributed by atoms with Gasteiger partial charge in [-0.2, -0.15) is 0 Å². The molecule has 0 aliphatic heterocycles. The van der Waals surface area contributed by atoms with E-state index in [1.54, 1.807) is 19.1 Å². The Balaban J connectivity index is 2.07. The van der Waals surface area contributed by atoms with E-state index in [9.17, 15) is 4.79 Å². The van der Waals surface area contributed by atoms with Crippen molar-refractivity contribution >= 4 is 17.3 Å². The lowest BCUT2D eigenvalue weighted by atomic mass is 9.79. The number of nitrogens with one attached hydrogen (secondary N) is 1. The molecule has 4 nitrogen and oxygen atoms in total. The molecule has 0 heterocycles. The second-order valence-electron chi connectivity index (χ2n) is 6.13. The quantitative estimate of drug-likeness (QED) is 0.656. The van der Waals surface area contributed by atoms with E-state index in [4.69, 9.17) is 10.5 Å². The number of nitrogens with two attached hydrogens (primary N) is 1. The largest absolute Gasteiger partial charge is 0.462 e. The predicted molar refractivity (Wildman–Crippen MR) is 86.4 cm³/mol. The summed E-state index contributed by atoms with van der Waals surface area (Å²) in [5.41, 5.74) is 7.72. The van der Waals surface area contributed by atoms with Crippen molar-refractivity contribution in [3.05, 3.63) is 23.8 Å². The summed E-state index contributed by atoms with van der Waals surface area (Å²) in [5.74, 6) is 1.17. The van der Waals surface area contributed by atoms with Crippen molar-refractivity contribution < 1.29 is 9.53 Å². The van der Waals surface area contributed by atoms with Crippen LogP contribution >= 0.6 is 0 Å². The van der Waals surface area contributed by atoms with Crippen molar-refractivity contribution in [3.63, 3.8) is 0 Å². The zero-order valence-electron chi connectivity index (χ0n) is 13.2. The second-order valence-corrected chi connectivity index (χ2v) is 6.13. The molecule has 1 aliphatic rings. The Bertz CT molecular complexity index is 502. The van der Waals surface area contributed by atoms with Crippen LogP contribution in [0.5, 0.6) is 0 Å². The summed E-state index contributed by atoms with van der Waals surface area (Å²) in [4.78, 5) is 11.9. The molecule has 3 unspecified atom stereocenters. The third kappa shape index (κ3) is 3.90. The predicted octanol–water partition coefficient (Wildman–Crippen LogP) is 3.68. The van der Waals surface area contributed by atoms with Crippen LogP contribution in [0, 0.1) is 11.8 Å². The Hall–Kier alpha value is -1.71. The number of rotatable bonds is 4. The summed E-state index contributed by atoms with van der Waals surface area (Å²) in [6.45, 7) is 6.78. The monoisotopic (exact) mass is 290 g/mol. The summed E-state index contributed by atoms with van der Waals surface area (Å²) in [7, 11) is 0. The Morgan fingerprint density at radius 2 is 2.10 bits per heavy atom. The average molecular weight is 290 g/mol. The molecule has 0 bridgehead atoms. The van der Waals surface area contributed by atoms with E-state index in [1.807, 2.05) is 6.07 Å². The first kappa shape index (κ1) is 15.7. The van der Waals surface area contributed by atoms with Crippen LogP contribution in [0.4, 0.5) is 11.4 Å². The van der Waals surface area contributed by atoms with Gasteiger partial charge in [0, 0.05) is 17.4 Å². The van der Waals surface area contributed by atoms with Gasteiger partial charge in [0.1, 0.15) is 0 Å². The van der Waals surface area contributed by atoms with E-state index in [1.165, 1.54) is 19.3 Å². The van der Waals surface area contributed by atoms with Crippen LogP contribution < -0.4 is 11.1 Å². The maximum Gasteiger partial charge on any atom is 0.340 e. The molecule has 0 spiro atoms. The summed E-state index contributed by atoms with van der Waals surface area (Å²) in [6, 6.07) is 5.97. The Morgan fingerprint density at radius 3 is 2.76 bits per heavy atom. The topological polar surface area (TPSA) is 64.3 Å². The summed E-state index contributed by atoms with van der Waals surface area (Å²) >= 11 is 0. The number of nitrogen functional groups attached to an aromatic ring is 1. The van der Waals surface area contributed by atoms with Crippen LogP contribution in [0.2, 0.25) is 0 Å². The van der Waals surface area contributed by atoms with Crippen molar-refractivity contribution in [2.75, 3.05) is 17.7 Å². The maximum atomic E-state index is 11.9. The SMILES string of the molecule is CCOC(=O)c1cc(NC2CCC(C)C(C)C2)ccc1N. The summed E-state index contributed by atoms with van der Waals surface area (Å²) < 4.78 is 5.04. The molecule has 1 aromatic carbocycles. The number of benzene rings is 1. The highest BCUT2D eigenvalue weighted by Crippen LogP contribution is 2.31. The first-order valence-corrected chi connectivity index (χ1v) is 7.84. The number of carbonyl (C=O) groups is 1. The Kier molecular flexibility index (Phi) is 5.10. The van der Waals surface area contributed by atoms with Crippen LogP contribution in [0.15, 0.2) is 18.2 Å². The molecule has 0 aromatic heterocycles. The molecule has 3 atom stereocenters. The lowest BCUT2D eigenvalue weighted by Crippen LogP contribution is -2.30. The molecule has 0 saturated heterocycles. The fourth-order valence-corrected chi connectivity index (χ4v) is 2.95. The van der Waals surface area contributed by atoms with Gasteiger partial charge in [0.15, 0.2) is 0 Å². The molecular weight excluding hydrogens is 264 g/mol. The molecule has 2 rings (SSSR count). The van der Waals surface area contributed by atoms with Crippen LogP contribution in [0.25, 0.3) is 0 Å². The molecule has 1 saturated carbocycles. The molecule has 0 amide bonds. The highest BCUT2D eigenvalue weighted by Gasteiger charge is 2.24. The zero-order chi connectivity index (χ0) is 15.4. The molecular formula is C17H26N2O2. The van der Waals surface area contributed by atoms with Gasteiger partial charge in [-0.3, -0.25) is 0 Å². The maximum absolute atomic E-state index is 11.9. The first-order valence-electron chi connectivity index (χ1n) is 7.84. The van der Waals surface area contributed by atoms with E-state index < -0.39 is 0 Å². The molecule has 1 aromatic rings. The summed E-state index contributed by atoms with van der Waals surface area (Å²) in [6.07, 6.45) is 3.59. The standard InChI is InChI=1S/C17H26N2O2/c1-4-21-17(20)15-10-14(7-8-16(15)18)19-13-6-5-11(2)12(3)9-13/h7-8,10-13,19H,4-6,9,18H2,1-3H3. The van der Waals surface area contributed by atoms with E-state index in [0.29, 0.717) is 23.9 Å². The molecule has 1 aliphatic carbocycles. The molecule has 0 radical (unpaired) electrons. The van der Waals surface area contributed by atoms with Crippen molar-refractivity contribution in [1.82, 2.24) is 0 Å². The minimum Gasteiger partial charge on any atom is -0.462 e. The van der Waals surface area contributed by atoms with Gasteiger partial charge >= 0.3 is 5.97 Å². The fraction of sp³-hybridized carbons (Fsp3) is 0.588. The average Bonchev–Trinajstić information content (AvgIpc) is 2.45. The second kappa shape index (κ2) is 6.83. The van der Waals surface area contributed by atoms with Gasteiger partial charge in [0.2, 0.25) is 0 Å². The summed E-state index contributed by atoms with van der Waals surface area (Å²) in [5, 5.41) is 3.53. The van der Waals surface area contributed by atoms with E-state index in [-0.39, 0.29) is 5.97 Å². The van der Waals surface area contributed by atoms with Gasteiger partial charge in [0.05, 0.1) is 12.2 Å². The zero-order valence-corrected chi connectivity index (χ0v) is 13.2. The highest BCUT2D eigenvalue weighted by molar-refractivity contribution is 5.96. The molecule has 3 N–H and O–H groups in total. The number of esters is 1. The van der Waals surface area contributed by atoms with Crippen molar-refractivity contribution in [2.24, 2.45) is 11.8 Å². The molecule has 116 valence electrons. The third-order valence-corrected chi connectivity index (χ3v) is 4.52. The lowest BCUT2D eigenvalue weighted by Gasteiger charge is -2.33. The van der Waals surface area contributed by atoms with Gasteiger partial charge in [0.25, 0.3) is 0 Å². The number of ether oxygens (including phenoxy) is 1. The molecule has 4 heteroatoms. The molecule has 21 heavy (non-hydrogen) atoms. The van der Waals surface area contributed by atoms with Crippen LogP contribution in [0.3, 0.4) is 0 Å². The van der Waals surface area contributed by atoms with Gasteiger partial charge in [-0.15, -0.1) is 0 Å². The Labute approximate surface area is 127 Å². The number of hydrogen-bond acceptors (Lipinski definition) is 4. The van der Waals surface area contributed by atoms with Crippen LogP contribution in [-0.4, -0.2) is 18.6 Å². The fourth-order valence-electron chi connectivity index (χ4n) is 2.95. The number of anilines is 2. The van der Waals surface area contributed by atoms with Gasteiger partial charge < -0.3 is 15.8 Å². The minimum atomic E-state index is -0.357. The normalized spacial score (nSPS) is 25.4. The highest BCUT2D eigenvalue weighted by atomic mass is 16.5. The van der Waals surface area contributed by atoms with E-state index >= 15 is 0 Å². The molecule has 1 fully saturated rings. The lowest BCUT2D eigenvalue weighted by molar-refractivity contribution is 0.0527. The van der Waals surface area contributed by atoms with E-state index in [0.717, 1.165) is 17.5 Å². The van der Waals surface area contributed by atoms with Gasteiger partial charge in [-0.25, -0.2) is 4.79 Å². The minimum absolute atomic E-state index is 0.355.